The zero-order valence-corrected chi connectivity index (χ0v) is 12.1. The van der Waals surface area contributed by atoms with Gasteiger partial charge in [0.1, 0.15) is 5.82 Å². The van der Waals surface area contributed by atoms with Crippen LogP contribution in [-0.2, 0) is 5.75 Å². The van der Waals surface area contributed by atoms with Gasteiger partial charge in [-0.15, -0.1) is 5.10 Å². The number of halogens is 1. The van der Waals surface area contributed by atoms with Crippen LogP contribution < -0.4 is 5.73 Å². The summed E-state index contributed by atoms with van der Waals surface area (Å²) in [6.45, 7) is 0.261. The van der Waals surface area contributed by atoms with E-state index in [2.05, 4.69) is 27.4 Å². The molecule has 0 bridgehead atoms. The van der Waals surface area contributed by atoms with Crippen molar-refractivity contribution in [1.82, 2.24) is 20.2 Å². The molecule has 7 heteroatoms. The van der Waals surface area contributed by atoms with Crippen molar-refractivity contribution in [2.45, 2.75) is 29.8 Å². The second-order valence-electron chi connectivity index (χ2n) is 4.78. The van der Waals surface area contributed by atoms with E-state index >= 15 is 0 Å². The number of hydrogen-bond acceptors (Lipinski definition) is 5. The highest BCUT2D eigenvalue weighted by Crippen LogP contribution is 2.36. The normalized spacial score (nSPS) is 13.8. The van der Waals surface area contributed by atoms with Crippen LogP contribution >= 0.6 is 11.8 Å². The van der Waals surface area contributed by atoms with E-state index in [0.717, 1.165) is 23.6 Å². The Bertz CT molecular complexity index is 699. The Morgan fingerprint density at radius 1 is 1.38 bits per heavy atom. The number of nitrogens with zero attached hydrogens (tertiary/aromatic N) is 4. The fourth-order valence-electron chi connectivity index (χ4n) is 1.94. The van der Waals surface area contributed by atoms with Gasteiger partial charge in [0, 0.05) is 11.3 Å². The van der Waals surface area contributed by atoms with Crippen LogP contribution in [0.25, 0.3) is 0 Å². The molecule has 2 N–H and O–H groups in total. The van der Waals surface area contributed by atoms with Gasteiger partial charge in [-0.05, 0) is 47.0 Å². The average molecular weight is 303 g/mol. The molecule has 1 heterocycles. The van der Waals surface area contributed by atoms with E-state index < -0.39 is 0 Å². The summed E-state index contributed by atoms with van der Waals surface area (Å²) in [6.07, 6.45) is 2.24. The third-order valence-electron chi connectivity index (χ3n) is 3.02. The number of hydrogen-bond donors (Lipinski definition) is 1. The molecule has 2 aromatic rings. The quantitative estimate of drug-likeness (QED) is 0.688. The van der Waals surface area contributed by atoms with Gasteiger partial charge in [0.15, 0.2) is 0 Å². The Kier molecular flexibility index (Phi) is 4.18. The third-order valence-corrected chi connectivity index (χ3v) is 4.02. The molecule has 0 saturated heterocycles. The average Bonchev–Trinajstić information content (AvgIpc) is 3.21. The second kappa shape index (κ2) is 6.24. The highest BCUT2D eigenvalue weighted by Gasteiger charge is 2.27. The number of tetrazole rings is 1. The van der Waals surface area contributed by atoms with Gasteiger partial charge in [-0.2, -0.15) is 0 Å². The first-order valence-corrected chi connectivity index (χ1v) is 7.64. The molecule has 21 heavy (non-hydrogen) atoms. The van der Waals surface area contributed by atoms with Crippen molar-refractivity contribution < 1.29 is 4.39 Å². The fourth-order valence-corrected chi connectivity index (χ4v) is 2.81. The van der Waals surface area contributed by atoms with Crippen LogP contribution in [0.5, 0.6) is 0 Å². The van der Waals surface area contributed by atoms with Gasteiger partial charge in [-0.3, -0.25) is 0 Å². The van der Waals surface area contributed by atoms with Crippen LogP contribution in [0.4, 0.5) is 4.39 Å². The van der Waals surface area contributed by atoms with Crippen molar-refractivity contribution in [3.05, 3.63) is 35.1 Å². The topological polar surface area (TPSA) is 69.6 Å². The molecule has 1 aliphatic carbocycles. The lowest BCUT2D eigenvalue weighted by Crippen LogP contribution is -1.99. The molecule has 0 atom stereocenters. The predicted molar refractivity (Wildman–Crippen MR) is 78.0 cm³/mol. The Morgan fingerprint density at radius 2 is 2.24 bits per heavy atom. The Labute approximate surface area is 126 Å². The van der Waals surface area contributed by atoms with Crippen molar-refractivity contribution in [2.24, 2.45) is 5.73 Å². The maximum absolute atomic E-state index is 13.6. The highest BCUT2D eigenvalue weighted by atomic mass is 32.2. The highest BCUT2D eigenvalue weighted by molar-refractivity contribution is 7.98. The Balaban J connectivity index is 1.72. The lowest BCUT2D eigenvalue weighted by atomic mass is 10.1. The van der Waals surface area contributed by atoms with Crippen LogP contribution in [0.1, 0.15) is 30.0 Å². The van der Waals surface area contributed by atoms with E-state index in [9.17, 15) is 4.39 Å². The summed E-state index contributed by atoms with van der Waals surface area (Å²) in [5, 5.41) is 12.5. The van der Waals surface area contributed by atoms with Gasteiger partial charge in [0.05, 0.1) is 12.6 Å². The number of benzene rings is 1. The Morgan fingerprint density at radius 3 is 3.00 bits per heavy atom. The fraction of sp³-hybridized carbons (Fsp3) is 0.357. The minimum Gasteiger partial charge on any atom is -0.320 e. The summed E-state index contributed by atoms with van der Waals surface area (Å²) >= 11 is 1.50. The number of nitrogens with two attached hydrogens (primary N) is 1. The Hall–Kier alpha value is -1.91. The van der Waals surface area contributed by atoms with E-state index in [-0.39, 0.29) is 12.4 Å². The van der Waals surface area contributed by atoms with Gasteiger partial charge < -0.3 is 5.73 Å². The summed E-state index contributed by atoms with van der Waals surface area (Å²) in [5.41, 5.74) is 6.82. The number of aromatic nitrogens is 4. The molecule has 0 amide bonds. The molecule has 0 aliphatic heterocycles. The van der Waals surface area contributed by atoms with Gasteiger partial charge in [-0.1, -0.05) is 23.6 Å². The number of thioether (sulfide) groups is 1. The van der Waals surface area contributed by atoms with Gasteiger partial charge in [-0.25, -0.2) is 9.07 Å². The first-order chi connectivity index (χ1) is 10.3. The summed E-state index contributed by atoms with van der Waals surface area (Å²) < 4.78 is 15.4. The summed E-state index contributed by atoms with van der Waals surface area (Å²) in [5.74, 6) is 5.88. The molecule has 3 rings (SSSR count). The largest absolute Gasteiger partial charge is 0.320 e. The predicted octanol–water partition coefficient (Wildman–Crippen LogP) is 1.75. The summed E-state index contributed by atoms with van der Waals surface area (Å²) in [4.78, 5) is 0. The zero-order chi connectivity index (χ0) is 14.7. The van der Waals surface area contributed by atoms with E-state index in [1.807, 2.05) is 10.7 Å². The molecule has 1 aromatic heterocycles. The standard InChI is InChI=1S/C14H14FN5S/c15-12-7-10(2-1-5-16)6-11(8-12)9-21-14-17-18-19-20(14)13-3-4-13/h6-8,13H,3-5,9,16H2. The molecule has 0 unspecified atom stereocenters. The summed E-state index contributed by atoms with van der Waals surface area (Å²) in [7, 11) is 0. The van der Waals surface area contributed by atoms with E-state index in [4.69, 9.17) is 5.73 Å². The molecule has 1 fully saturated rings. The van der Waals surface area contributed by atoms with Crippen LogP contribution in [0, 0.1) is 17.7 Å². The van der Waals surface area contributed by atoms with E-state index in [1.54, 1.807) is 0 Å². The van der Waals surface area contributed by atoms with Crippen molar-refractivity contribution in [3.63, 3.8) is 0 Å². The molecule has 0 spiro atoms. The minimum atomic E-state index is -0.295. The van der Waals surface area contributed by atoms with E-state index in [1.165, 1.54) is 23.9 Å². The maximum Gasteiger partial charge on any atom is 0.209 e. The molecule has 1 aliphatic rings. The van der Waals surface area contributed by atoms with Gasteiger partial charge >= 0.3 is 0 Å². The lowest BCUT2D eigenvalue weighted by Gasteiger charge is -2.04. The first-order valence-electron chi connectivity index (χ1n) is 6.65. The van der Waals surface area contributed by atoms with Gasteiger partial charge in [0.25, 0.3) is 0 Å². The monoisotopic (exact) mass is 303 g/mol. The molecule has 108 valence electrons. The summed E-state index contributed by atoms with van der Waals surface area (Å²) in [6, 6.07) is 5.21. The molecular weight excluding hydrogens is 289 g/mol. The number of rotatable bonds is 4. The second-order valence-corrected chi connectivity index (χ2v) is 5.72. The molecule has 1 saturated carbocycles. The van der Waals surface area contributed by atoms with Crippen LogP contribution in [-0.4, -0.2) is 26.8 Å². The van der Waals surface area contributed by atoms with Crippen molar-refractivity contribution in [1.29, 1.82) is 0 Å². The van der Waals surface area contributed by atoms with Crippen molar-refractivity contribution >= 4 is 11.8 Å². The van der Waals surface area contributed by atoms with Crippen molar-refractivity contribution in [2.75, 3.05) is 6.54 Å². The molecule has 5 nitrogen and oxygen atoms in total. The van der Waals surface area contributed by atoms with E-state index in [0.29, 0.717) is 17.4 Å². The van der Waals surface area contributed by atoms with Crippen LogP contribution in [0.2, 0.25) is 0 Å². The van der Waals surface area contributed by atoms with Crippen molar-refractivity contribution in [3.8, 4) is 11.8 Å². The first kappa shape index (κ1) is 14.0. The van der Waals surface area contributed by atoms with Crippen LogP contribution in [0.15, 0.2) is 23.4 Å². The smallest absolute Gasteiger partial charge is 0.209 e. The molecule has 0 radical (unpaired) electrons. The van der Waals surface area contributed by atoms with Gasteiger partial charge in [0.2, 0.25) is 5.16 Å². The SMILES string of the molecule is NCC#Cc1cc(F)cc(CSc2nnnn2C2CC2)c1. The van der Waals surface area contributed by atoms with Crippen LogP contribution in [0.3, 0.4) is 0 Å². The third kappa shape index (κ3) is 3.60. The molecule has 1 aromatic carbocycles. The maximum atomic E-state index is 13.6. The zero-order valence-electron chi connectivity index (χ0n) is 11.3. The molecular formula is C14H14FN5S. The lowest BCUT2D eigenvalue weighted by molar-refractivity contribution is 0.565. The minimum absolute atomic E-state index is 0.261.